The van der Waals surface area contributed by atoms with Crippen molar-refractivity contribution in [2.45, 2.75) is 38.6 Å². The summed E-state index contributed by atoms with van der Waals surface area (Å²) in [5.74, 6) is 0. The van der Waals surface area contributed by atoms with Crippen molar-refractivity contribution < 1.29 is 9.84 Å². The van der Waals surface area contributed by atoms with E-state index >= 15 is 0 Å². The van der Waals surface area contributed by atoms with Crippen LogP contribution in [-0.4, -0.2) is 52.2 Å². The summed E-state index contributed by atoms with van der Waals surface area (Å²) in [4.78, 5) is 2.28. The van der Waals surface area contributed by atoms with E-state index in [2.05, 4.69) is 16.9 Å². The fourth-order valence-corrected chi connectivity index (χ4v) is 2.48. The lowest BCUT2D eigenvalue weighted by atomic mass is 10.2. The molecule has 1 aliphatic rings. The quantitative estimate of drug-likeness (QED) is 0.812. The number of ether oxygens (including phenoxy) is 1. The number of aliphatic hydroxyl groups excluding tert-OH is 1. The molecule has 5 nitrogen and oxygen atoms in total. The van der Waals surface area contributed by atoms with Crippen LogP contribution in [0.2, 0.25) is 0 Å². The topological polar surface area (TPSA) is 50.5 Å². The van der Waals surface area contributed by atoms with E-state index in [0.717, 1.165) is 26.1 Å². The number of aliphatic hydroxyl groups is 1. The van der Waals surface area contributed by atoms with Crippen LogP contribution in [0.25, 0.3) is 0 Å². The molecule has 2 atom stereocenters. The molecule has 0 bridgehead atoms. The van der Waals surface area contributed by atoms with Crippen LogP contribution in [0.15, 0.2) is 12.3 Å². The first-order valence-corrected chi connectivity index (χ1v) is 6.16. The summed E-state index contributed by atoms with van der Waals surface area (Å²) >= 11 is 0. The van der Waals surface area contributed by atoms with E-state index in [1.807, 2.05) is 16.9 Å². The molecule has 1 aromatic rings. The minimum atomic E-state index is 0.195. The molecular formula is C12H21N3O2. The van der Waals surface area contributed by atoms with Gasteiger partial charge in [0.2, 0.25) is 0 Å². The average molecular weight is 239 g/mol. The normalized spacial score (nSPS) is 25.6. The Morgan fingerprint density at radius 3 is 3.06 bits per heavy atom. The van der Waals surface area contributed by atoms with Gasteiger partial charge in [0.15, 0.2) is 0 Å². The zero-order valence-electron chi connectivity index (χ0n) is 10.5. The fraction of sp³-hybridized carbons (Fsp3) is 0.750. The number of nitrogens with zero attached hydrogens (tertiary/aromatic N) is 3. The van der Waals surface area contributed by atoms with Gasteiger partial charge in [-0.3, -0.25) is 9.58 Å². The Labute approximate surface area is 102 Å². The number of aryl methyl sites for hydroxylation is 1. The van der Waals surface area contributed by atoms with Gasteiger partial charge in [-0.15, -0.1) is 0 Å². The number of aromatic nitrogens is 2. The van der Waals surface area contributed by atoms with Crippen molar-refractivity contribution in [3.8, 4) is 0 Å². The summed E-state index contributed by atoms with van der Waals surface area (Å²) < 4.78 is 7.37. The van der Waals surface area contributed by atoms with Gasteiger partial charge >= 0.3 is 0 Å². The second-order valence-corrected chi connectivity index (χ2v) is 4.50. The largest absolute Gasteiger partial charge is 0.395 e. The molecule has 1 N–H and O–H groups in total. The molecule has 0 amide bonds. The van der Waals surface area contributed by atoms with Crippen molar-refractivity contribution in [2.24, 2.45) is 0 Å². The molecular weight excluding hydrogens is 218 g/mol. The van der Waals surface area contributed by atoms with Crippen LogP contribution >= 0.6 is 0 Å². The van der Waals surface area contributed by atoms with Gasteiger partial charge in [0.1, 0.15) is 0 Å². The maximum absolute atomic E-state index is 9.39. The van der Waals surface area contributed by atoms with E-state index in [4.69, 9.17) is 4.74 Å². The molecule has 1 aromatic heterocycles. The lowest BCUT2D eigenvalue weighted by Gasteiger charge is -2.22. The molecule has 1 saturated heterocycles. The molecule has 96 valence electrons. The summed E-state index contributed by atoms with van der Waals surface area (Å²) in [5.41, 5.74) is 1.20. The van der Waals surface area contributed by atoms with E-state index in [0.29, 0.717) is 0 Å². The van der Waals surface area contributed by atoms with Crippen molar-refractivity contribution >= 4 is 0 Å². The molecule has 0 saturated carbocycles. The SMILES string of the molecule is CCn1nccc1CN1C[C@H](OC)C[C@H]1CO. The number of methoxy groups -OCH3 is 1. The lowest BCUT2D eigenvalue weighted by molar-refractivity contribution is 0.106. The number of rotatable bonds is 5. The molecule has 0 unspecified atom stereocenters. The highest BCUT2D eigenvalue weighted by Crippen LogP contribution is 2.21. The van der Waals surface area contributed by atoms with E-state index in [9.17, 15) is 5.11 Å². The summed E-state index contributed by atoms with van der Waals surface area (Å²) in [5, 5.41) is 13.6. The maximum Gasteiger partial charge on any atom is 0.0714 e. The standard InChI is InChI=1S/C12H21N3O2/c1-3-15-10(4-5-13-15)7-14-8-12(17-2)6-11(14)9-16/h4-5,11-12,16H,3,6-9H2,1-2H3/t11-,12+/m0/s1. The lowest BCUT2D eigenvalue weighted by Crippen LogP contribution is -2.32. The predicted molar refractivity (Wildman–Crippen MR) is 64.6 cm³/mol. The molecule has 1 fully saturated rings. The highest BCUT2D eigenvalue weighted by atomic mass is 16.5. The van der Waals surface area contributed by atoms with Gasteiger partial charge in [-0.2, -0.15) is 5.10 Å². The molecule has 2 heterocycles. The van der Waals surface area contributed by atoms with E-state index < -0.39 is 0 Å². The summed E-state index contributed by atoms with van der Waals surface area (Å²) in [6.07, 6.45) is 2.98. The Bertz CT molecular complexity index is 353. The fourth-order valence-electron chi connectivity index (χ4n) is 2.48. The predicted octanol–water partition coefficient (Wildman–Crippen LogP) is 0.485. The van der Waals surface area contributed by atoms with E-state index in [1.54, 1.807) is 7.11 Å². The Balaban J connectivity index is 2.02. The monoisotopic (exact) mass is 239 g/mol. The zero-order valence-corrected chi connectivity index (χ0v) is 10.5. The van der Waals surface area contributed by atoms with Crippen LogP contribution in [0.4, 0.5) is 0 Å². The number of hydrogen-bond donors (Lipinski definition) is 1. The van der Waals surface area contributed by atoms with Crippen molar-refractivity contribution in [3.63, 3.8) is 0 Å². The first kappa shape index (κ1) is 12.5. The third-order valence-electron chi connectivity index (χ3n) is 3.50. The Morgan fingerprint density at radius 2 is 2.41 bits per heavy atom. The van der Waals surface area contributed by atoms with Crippen LogP contribution in [-0.2, 0) is 17.8 Å². The second-order valence-electron chi connectivity index (χ2n) is 4.50. The van der Waals surface area contributed by atoms with Gasteiger partial charge in [0, 0.05) is 39.0 Å². The molecule has 17 heavy (non-hydrogen) atoms. The van der Waals surface area contributed by atoms with Gasteiger partial charge in [0.05, 0.1) is 18.4 Å². The van der Waals surface area contributed by atoms with Crippen LogP contribution in [0.5, 0.6) is 0 Å². The van der Waals surface area contributed by atoms with Gasteiger partial charge in [-0.05, 0) is 19.4 Å². The molecule has 1 aliphatic heterocycles. The Kier molecular flexibility index (Phi) is 4.15. The number of hydrogen-bond acceptors (Lipinski definition) is 4. The molecule has 0 aromatic carbocycles. The minimum absolute atomic E-state index is 0.195. The highest BCUT2D eigenvalue weighted by Gasteiger charge is 2.31. The first-order valence-electron chi connectivity index (χ1n) is 6.16. The Morgan fingerprint density at radius 1 is 1.59 bits per heavy atom. The third kappa shape index (κ3) is 2.68. The maximum atomic E-state index is 9.39. The van der Waals surface area contributed by atoms with Gasteiger partial charge < -0.3 is 9.84 Å². The highest BCUT2D eigenvalue weighted by molar-refractivity contribution is 5.02. The second kappa shape index (κ2) is 5.62. The van der Waals surface area contributed by atoms with E-state index in [-0.39, 0.29) is 18.8 Å². The van der Waals surface area contributed by atoms with Crippen molar-refractivity contribution in [1.29, 1.82) is 0 Å². The summed E-state index contributed by atoms with van der Waals surface area (Å²) in [6, 6.07) is 2.25. The van der Waals surface area contributed by atoms with Gasteiger partial charge in [-0.25, -0.2) is 0 Å². The van der Waals surface area contributed by atoms with Crippen LogP contribution in [0.1, 0.15) is 19.0 Å². The third-order valence-corrected chi connectivity index (χ3v) is 3.50. The van der Waals surface area contributed by atoms with Gasteiger partial charge in [0.25, 0.3) is 0 Å². The first-order chi connectivity index (χ1) is 8.28. The molecule has 0 spiro atoms. The molecule has 5 heteroatoms. The smallest absolute Gasteiger partial charge is 0.0714 e. The minimum Gasteiger partial charge on any atom is -0.395 e. The van der Waals surface area contributed by atoms with Crippen molar-refractivity contribution in [2.75, 3.05) is 20.3 Å². The van der Waals surface area contributed by atoms with Crippen LogP contribution in [0.3, 0.4) is 0 Å². The summed E-state index contributed by atoms with van der Waals surface area (Å²) in [6.45, 7) is 4.88. The van der Waals surface area contributed by atoms with Crippen LogP contribution < -0.4 is 0 Å². The van der Waals surface area contributed by atoms with Gasteiger partial charge in [-0.1, -0.05) is 0 Å². The Hall–Kier alpha value is -0.910. The molecule has 0 radical (unpaired) electrons. The average Bonchev–Trinajstić information content (AvgIpc) is 2.95. The van der Waals surface area contributed by atoms with Crippen LogP contribution in [0, 0.1) is 0 Å². The van der Waals surface area contributed by atoms with Crippen molar-refractivity contribution in [1.82, 2.24) is 14.7 Å². The van der Waals surface area contributed by atoms with E-state index in [1.165, 1.54) is 5.69 Å². The molecule has 0 aliphatic carbocycles. The molecule has 2 rings (SSSR count). The zero-order chi connectivity index (χ0) is 12.3. The summed E-state index contributed by atoms with van der Waals surface area (Å²) in [7, 11) is 1.74. The number of likely N-dealkylation sites (tertiary alicyclic amines) is 1. The van der Waals surface area contributed by atoms with Crippen molar-refractivity contribution in [3.05, 3.63) is 18.0 Å².